The van der Waals surface area contributed by atoms with Crippen LogP contribution in [0, 0.1) is 11.8 Å². The van der Waals surface area contributed by atoms with E-state index in [0.29, 0.717) is 11.7 Å². The molecule has 0 N–H and O–H groups in total. The average molecular weight is 248 g/mol. The summed E-state index contributed by atoms with van der Waals surface area (Å²) in [6.45, 7) is 4.39. The van der Waals surface area contributed by atoms with Gasteiger partial charge in [-0.05, 0) is 43.6 Å². The normalized spacial score (nSPS) is 29.8. The maximum absolute atomic E-state index is 12.4. The van der Waals surface area contributed by atoms with Gasteiger partial charge in [-0.25, -0.2) is 0 Å². The van der Waals surface area contributed by atoms with Crippen molar-refractivity contribution < 1.29 is 4.79 Å². The minimum Gasteiger partial charge on any atom is -0.294 e. The molecule has 2 rings (SSSR count). The van der Waals surface area contributed by atoms with Gasteiger partial charge in [0.15, 0.2) is 5.78 Å². The molecule has 18 heavy (non-hydrogen) atoms. The van der Waals surface area contributed by atoms with E-state index in [1.807, 2.05) is 0 Å². The first-order valence-corrected chi connectivity index (χ1v) is 8.01. The van der Waals surface area contributed by atoms with E-state index in [1.54, 1.807) is 5.57 Å². The molecule has 0 aliphatic heterocycles. The number of unbranched alkanes of at least 4 members (excludes halogenated alkanes) is 1. The van der Waals surface area contributed by atoms with E-state index in [0.717, 1.165) is 6.42 Å². The summed E-state index contributed by atoms with van der Waals surface area (Å²) in [5.74, 6) is 1.37. The molecule has 1 saturated carbocycles. The summed E-state index contributed by atoms with van der Waals surface area (Å²) in [5.41, 5.74) is 2.82. The zero-order valence-electron chi connectivity index (χ0n) is 12.1. The molecule has 0 heterocycles. The molecule has 0 spiro atoms. The summed E-state index contributed by atoms with van der Waals surface area (Å²) in [4.78, 5) is 12.4. The van der Waals surface area contributed by atoms with E-state index in [2.05, 4.69) is 13.8 Å². The molecule has 0 aromatic heterocycles. The van der Waals surface area contributed by atoms with Crippen LogP contribution >= 0.6 is 0 Å². The quantitative estimate of drug-likeness (QED) is 0.683. The van der Waals surface area contributed by atoms with E-state index in [1.165, 1.54) is 63.4 Å². The molecule has 0 bridgehead atoms. The summed E-state index contributed by atoms with van der Waals surface area (Å²) in [7, 11) is 0. The van der Waals surface area contributed by atoms with Crippen molar-refractivity contribution in [3.8, 4) is 0 Å². The molecule has 0 saturated heterocycles. The van der Waals surface area contributed by atoms with E-state index in [4.69, 9.17) is 0 Å². The van der Waals surface area contributed by atoms with Gasteiger partial charge in [0.05, 0.1) is 0 Å². The van der Waals surface area contributed by atoms with Crippen LogP contribution in [-0.2, 0) is 4.79 Å². The zero-order chi connectivity index (χ0) is 13.0. The Morgan fingerprint density at radius 3 is 2.61 bits per heavy atom. The highest BCUT2D eigenvalue weighted by molar-refractivity contribution is 6.00. The van der Waals surface area contributed by atoms with Crippen molar-refractivity contribution in [3.05, 3.63) is 11.1 Å². The monoisotopic (exact) mass is 248 g/mol. The van der Waals surface area contributed by atoms with Crippen LogP contribution < -0.4 is 0 Å². The van der Waals surface area contributed by atoms with E-state index >= 15 is 0 Å². The lowest BCUT2D eigenvalue weighted by atomic mass is 9.86. The van der Waals surface area contributed by atoms with Crippen LogP contribution in [0.1, 0.15) is 78.1 Å². The fourth-order valence-corrected chi connectivity index (χ4v) is 3.75. The van der Waals surface area contributed by atoms with Crippen LogP contribution in [-0.4, -0.2) is 5.78 Å². The number of ketones is 1. The lowest BCUT2D eigenvalue weighted by molar-refractivity contribution is -0.118. The number of allylic oxidation sites excluding steroid dienone is 2. The fourth-order valence-electron chi connectivity index (χ4n) is 3.75. The molecule has 2 aliphatic carbocycles. The van der Waals surface area contributed by atoms with E-state index in [9.17, 15) is 4.79 Å². The topological polar surface area (TPSA) is 17.1 Å². The van der Waals surface area contributed by atoms with Gasteiger partial charge in [-0.3, -0.25) is 4.79 Å². The number of carbonyl (C=O) groups excluding carboxylic acids is 1. The van der Waals surface area contributed by atoms with Gasteiger partial charge >= 0.3 is 0 Å². The Labute approximate surface area is 112 Å². The molecule has 1 fully saturated rings. The van der Waals surface area contributed by atoms with Crippen molar-refractivity contribution in [1.82, 2.24) is 0 Å². The van der Waals surface area contributed by atoms with E-state index < -0.39 is 0 Å². The summed E-state index contributed by atoms with van der Waals surface area (Å²) in [5, 5.41) is 0. The average Bonchev–Trinajstić information content (AvgIpc) is 2.66. The second-order valence-corrected chi connectivity index (χ2v) is 6.17. The smallest absolute Gasteiger partial charge is 0.162 e. The molecule has 0 radical (unpaired) electrons. The minimum absolute atomic E-state index is 0.282. The summed E-state index contributed by atoms with van der Waals surface area (Å²) >= 11 is 0. The van der Waals surface area contributed by atoms with Gasteiger partial charge in [0.1, 0.15) is 0 Å². The van der Waals surface area contributed by atoms with Crippen molar-refractivity contribution in [2.45, 2.75) is 78.1 Å². The largest absolute Gasteiger partial charge is 0.294 e. The number of rotatable bonds is 3. The number of hydrogen-bond donors (Lipinski definition) is 0. The molecule has 2 aliphatic rings. The van der Waals surface area contributed by atoms with Crippen LogP contribution in [0.25, 0.3) is 0 Å². The lowest BCUT2D eigenvalue weighted by Gasteiger charge is -2.17. The molecule has 1 heteroatoms. The third-order valence-corrected chi connectivity index (χ3v) is 4.89. The second-order valence-electron chi connectivity index (χ2n) is 6.17. The van der Waals surface area contributed by atoms with Gasteiger partial charge < -0.3 is 0 Å². The van der Waals surface area contributed by atoms with Crippen LogP contribution in [0.3, 0.4) is 0 Å². The van der Waals surface area contributed by atoms with Crippen molar-refractivity contribution in [1.29, 1.82) is 0 Å². The van der Waals surface area contributed by atoms with Crippen molar-refractivity contribution in [2.24, 2.45) is 11.8 Å². The van der Waals surface area contributed by atoms with E-state index in [-0.39, 0.29) is 5.92 Å². The first kappa shape index (κ1) is 13.8. The van der Waals surface area contributed by atoms with Crippen LogP contribution in [0.15, 0.2) is 11.1 Å². The first-order valence-electron chi connectivity index (χ1n) is 8.01. The molecular weight excluding hydrogens is 220 g/mol. The summed E-state index contributed by atoms with van der Waals surface area (Å²) in [6, 6.07) is 0. The number of carbonyl (C=O) groups is 1. The van der Waals surface area contributed by atoms with Crippen LogP contribution in [0.2, 0.25) is 0 Å². The Morgan fingerprint density at radius 1 is 1.11 bits per heavy atom. The zero-order valence-corrected chi connectivity index (χ0v) is 12.1. The van der Waals surface area contributed by atoms with Gasteiger partial charge in [-0.2, -0.15) is 0 Å². The fraction of sp³-hybridized carbons (Fsp3) is 0.824. The van der Waals surface area contributed by atoms with Crippen molar-refractivity contribution in [3.63, 3.8) is 0 Å². The minimum atomic E-state index is 0.282. The van der Waals surface area contributed by atoms with Crippen molar-refractivity contribution >= 4 is 5.78 Å². The number of fused-ring (bicyclic) bond motifs is 1. The Bertz CT molecular complexity index is 327. The number of hydrogen-bond acceptors (Lipinski definition) is 1. The van der Waals surface area contributed by atoms with Gasteiger partial charge in [-0.1, -0.05) is 51.5 Å². The molecule has 2 atom stereocenters. The molecule has 0 aromatic rings. The molecular formula is C17H28O. The van der Waals surface area contributed by atoms with Crippen molar-refractivity contribution in [2.75, 3.05) is 0 Å². The van der Waals surface area contributed by atoms with Crippen LogP contribution in [0.5, 0.6) is 0 Å². The predicted octanol–water partition coefficient (Wildman–Crippen LogP) is 5.05. The molecule has 102 valence electrons. The Morgan fingerprint density at radius 2 is 1.83 bits per heavy atom. The van der Waals surface area contributed by atoms with Gasteiger partial charge in [0, 0.05) is 5.92 Å². The lowest BCUT2D eigenvalue weighted by Crippen LogP contribution is -2.14. The Hall–Kier alpha value is -0.590. The number of Topliss-reactive ketones (excluding diaryl/α,β-unsaturated/α-hetero) is 1. The first-order chi connectivity index (χ1) is 8.75. The molecule has 2 unspecified atom stereocenters. The third-order valence-electron chi connectivity index (χ3n) is 4.89. The molecule has 0 amide bonds. The summed E-state index contributed by atoms with van der Waals surface area (Å²) in [6.07, 6.45) is 12.7. The highest BCUT2D eigenvalue weighted by Crippen LogP contribution is 2.42. The summed E-state index contributed by atoms with van der Waals surface area (Å²) < 4.78 is 0. The molecule has 0 aromatic carbocycles. The van der Waals surface area contributed by atoms with Gasteiger partial charge in [0.25, 0.3) is 0 Å². The third kappa shape index (κ3) is 2.87. The SMILES string of the molecule is CCCCC1=C2CCCCCCCC2C(C)C1=O. The highest BCUT2D eigenvalue weighted by Gasteiger charge is 2.37. The highest BCUT2D eigenvalue weighted by atomic mass is 16.1. The molecule has 1 nitrogen and oxygen atoms in total. The van der Waals surface area contributed by atoms with Gasteiger partial charge in [-0.15, -0.1) is 0 Å². The maximum Gasteiger partial charge on any atom is 0.162 e. The van der Waals surface area contributed by atoms with Crippen LogP contribution in [0.4, 0.5) is 0 Å². The second kappa shape index (κ2) is 6.54. The maximum atomic E-state index is 12.4. The Kier molecular flexibility index (Phi) is 5.03. The standard InChI is InChI=1S/C17H28O/c1-3-4-10-16-15-12-9-7-5-6-8-11-14(15)13(2)17(16)18/h13-14H,3-12H2,1-2H3. The Balaban J connectivity index is 2.19. The van der Waals surface area contributed by atoms with Gasteiger partial charge in [0.2, 0.25) is 0 Å². The predicted molar refractivity (Wildman–Crippen MR) is 76.5 cm³/mol.